The number of hydrogen-bond acceptors (Lipinski definition) is 2. The maximum Gasteiger partial charge on any atom is 0.0408 e. The number of nitrogens with zero attached hydrogens (tertiary/aromatic N) is 1. The van der Waals surface area contributed by atoms with Crippen LogP contribution in [-0.4, -0.2) is 14.1 Å². The number of hydrogen-bond donors (Lipinski definition) is 1. The molecule has 0 spiro atoms. The number of nitrogens with one attached hydrogen (secondary N) is 1. The number of rotatable bonds is 5. The van der Waals surface area contributed by atoms with Crippen LogP contribution in [0.2, 0.25) is 0 Å². The highest BCUT2D eigenvalue weighted by atomic mass is 15.1. The molecule has 1 aromatic carbocycles. The van der Waals surface area contributed by atoms with E-state index in [9.17, 15) is 0 Å². The summed E-state index contributed by atoms with van der Waals surface area (Å²) in [5, 5.41) is 2.97. The van der Waals surface area contributed by atoms with Gasteiger partial charge in [-0.15, -0.1) is 0 Å². The van der Waals surface area contributed by atoms with E-state index in [1.165, 1.54) is 5.56 Å². The summed E-state index contributed by atoms with van der Waals surface area (Å²) in [6.45, 7) is 9.94. The topological polar surface area (TPSA) is 15.3 Å². The lowest BCUT2D eigenvalue weighted by Crippen LogP contribution is -2.14. The summed E-state index contributed by atoms with van der Waals surface area (Å²) < 4.78 is 0. The predicted molar refractivity (Wildman–Crippen MR) is 76.1 cm³/mol. The number of anilines is 1. The lowest BCUT2D eigenvalue weighted by atomic mass is 10.2. The SMILES string of the molecule is C=C(/C=C\C(=C)N(C)c1ccc(C)cc1)NC. The average Bonchev–Trinajstić information content (AvgIpc) is 2.35. The maximum atomic E-state index is 4.03. The number of benzene rings is 1. The van der Waals surface area contributed by atoms with E-state index in [1.54, 1.807) is 0 Å². The van der Waals surface area contributed by atoms with Gasteiger partial charge >= 0.3 is 0 Å². The summed E-state index contributed by atoms with van der Waals surface area (Å²) >= 11 is 0. The second kappa shape index (κ2) is 5.94. The van der Waals surface area contributed by atoms with Gasteiger partial charge in [0.15, 0.2) is 0 Å². The van der Waals surface area contributed by atoms with Crippen LogP contribution >= 0.6 is 0 Å². The molecule has 0 bridgehead atoms. The first kappa shape index (κ1) is 13.1. The molecule has 1 rings (SSSR count). The summed E-state index contributed by atoms with van der Waals surface area (Å²) in [6, 6.07) is 8.35. The standard InChI is InChI=1S/C15H20N2/c1-12-6-10-15(11-7-12)17(5)14(3)9-8-13(2)16-4/h6-11,16H,2-3H2,1,4-5H3/b9-8-. The molecule has 0 aliphatic rings. The fourth-order valence-electron chi connectivity index (χ4n) is 1.33. The molecule has 0 aromatic heterocycles. The van der Waals surface area contributed by atoms with Gasteiger partial charge in [0.2, 0.25) is 0 Å². The molecule has 0 fully saturated rings. The normalized spacial score (nSPS) is 10.3. The average molecular weight is 228 g/mol. The summed E-state index contributed by atoms with van der Waals surface area (Å²) in [7, 11) is 3.85. The first-order valence-corrected chi connectivity index (χ1v) is 5.58. The molecule has 1 aromatic rings. The Morgan fingerprint density at radius 2 is 1.76 bits per heavy atom. The van der Waals surface area contributed by atoms with Gasteiger partial charge in [-0.05, 0) is 31.2 Å². The zero-order chi connectivity index (χ0) is 12.8. The van der Waals surface area contributed by atoms with Crippen molar-refractivity contribution in [3.63, 3.8) is 0 Å². The van der Waals surface area contributed by atoms with Gasteiger partial charge in [-0.3, -0.25) is 0 Å². The van der Waals surface area contributed by atoms with E-state index in [0.717, 1.165) is 17.1 Å². The fraction of sp³-hybridized carbons (Fsp3) is 0.200. The molecule has 0 aliphatic carbocycles. The summed E-state index contributed by atoms with van der Waals surface area (Å²) in [5.74, 6) is 0. The minimum absolute atomic E-state index is 0.864. The first-order valence-electron chi connectivity index (χ1n) is 5.58. The Hall–Kier alpha value is -1.96. The summed E-state index contributed by atoms with van der Waals surface area (Å²) in [5.41, 5.74) is 4.17. The van der Waals surface area contributed by atoms with Crippen molar-refractivity contribution in [3.05, 3.63) is 66.5 Å². The highest BCUT2D eigenvalue weighted by Gasteiger charge is 2.01. The zero-order valence-corrected chi connectivity index (χ0v) is 10.8. The molecule has 0 unspecified atom stereocenters. The van der Waals surface area contributed by atoms with Gasteiger partial charge in [-0.2, -0.15) is 0 Å². The summed E-state index contributed by atoms with van der Waals surface area (Å²) in [6.07, 6.45) is 3.85. The van der Waals surface area contributed by atoms with Crippen LogP contribution in [0.4, 0.5) is 5.69 Å². The van der Waals surface area contributed by atoms with Crippen LogP contribution in [-0.2, 0) is 0 Å². The van der Waals surface area contributed by atoms with E-state index in [1.807, 2.05) is 31.1 Å². The van der Waals surface area contributed by atoms with Crippen molar-refractivity contribution in [1.29, 1.82) is 0 Å². The van der Waals surface area contributed by atoms with Gasteiger partial charge in [0, 0.05) is 31.2 Å². The Balaban J connectivity index is 2.73. The first-order chi connectivity index (χ1) is 8.04. The van der Waals surface area contributed by atoms with Gasteiger partial charge < -0.3 is 10.2 Å². The van der Waals surface area contributed by atoms with Gasteiger partial charge in [-0.1, -0.05) is 30.9 Å². The van der Waals surface area contributed by atoms with Crippen LogP contribution in [0.3, 0.4) is 0 Å². The third-order valence-corrected chi connectivity index (χ3v) is 2.65. The number of likely N-dealkylation sites (N-methyl/N-ethyl adjacent to an activating group) is 2. The Kier molecular flexibility index (Phi) is 4.58. The molecule has 90 valence electrons. The molecule has 2 nitrogen and oxygen atoms in total. The van der Waals surface area contributed by atoms with E-state index in [4.69, 9.17) is 0 Å². The lowest BCUT2D eigenvalue weighted by Gasteiger charge is -2.19. The van der Waals surface area contributed by atoms with Crippen LogP contribution in [0.25, 0.3) is 0 Å². The number of aryl methyl sites for hydroxylation is 1. The van der Waals surface area contributed by atoms with E-state index in [2.05, 4.69) is 49.7 Å². The van der Waals surface area contributed by atoms with Gasteiger partial charge in [0.1, 0.15) is 0 Å². The monoisotopic (exact) mass is 228 g/mol. The van der Waals surface area contributed by atoms with Crippen molar-refractivity contribution in [2.24, 2.45) is 0 Å². The van der Waals surface area contributed by atoms with Crippen molar-refractivity contribution in [2.75, 3.05) is 19.0 Å². The van der Waals surface area contributed by atoms with Crippen molar-refractivity contribution >= 4 is 5.69 Å². The Labute approximate surface area is 104 Å². The van der Waals surface area contributed by atoms with E-state index in [0.29, 0.717) is 0 Å². The molecule has 0 radical (unpaired) electrons. The Morgan fingerprint density at radius 1 is 1.18 bits per heavy atom. The van der Waals surface area contributed by atoms with E-state index in [-0.39, 0.29) is 0 Å². The Morgan fingerprint density at radius 3 is 2.29 bits per heavy atom. The van der Waals surface area contributed by atoms with E-state index >= 15 is 0 Å². The molecule has 2 heteroatoms. The maximum absolute atomic E-state index is 4.03. The third kappa shape index (κ3) is 3.83. The van der Waals surface area contributed by atoms with Gasteiger partial charge in [0.05, 0.1) is 0 Å². The molecular weight excluding hydrogens is 208 g/mol. The minimum Gasteiger partial charge on any atom is -0.389 e. The van der Waals surface area contributed by atoms with Crippen molar-refractivity contribution in [2.45, 2.75) is 6.92 Å². The second-order valence-corrected chi connectivity index (χ2v) is 3.99. The zero-order valence-electron chi connectivity index (χ0n) is 10.8. The minimum atomic E-state index is 0.864. The van der Waals surface area contributed by atoms with Crippen molar-refractivity contribution in [3.8, 4) is 0 Å². The van der Waals surface area contributed by atoms with Crippen LogP contribution in [0.5, 0.6) is 0 Å². The van der Waals surface area contributed by atoms with Crippen molar-refractivity contribution < 1.29 is 0 Å². The second-order valence-electron chi connectivity index (χ2n) is 3.99. The molecule has 0 atom stereocenters. The molecule has 0 saturated carbocycles. The lowest BCUT2D eigenvalue weighted by molar-refractivity contribution is 1.04. The molecule has 17 heavy (non-hydrogen) atoms. The Bertz CT molecular complexity index is 427. The van der Waals surface area contributed by atoms with Crippen LogP contribution in [0.1, 0.15) is 5.56 Å². The highest BCUT2D eigenvalue weighted by molar-refractivity contribution is 5.53. The van der Waals surface area contributed by atoms with Crippen LogP contribution in [0.15, 0.2) is 61.0 Å². The number of allylic oxidation sites excluding steroid dienone is 2. The quantitative estimate of drug-likeness (QED) is 0.778. The molecule has 0 amide bonds. The van der Waals surface area contributed by atoms with Crippen molar-refractivity contribution in [1.82, 2.24) is 5.32 Å². The summed E-state index contributed by atoms with van der Waals surface area (Å²) in [4.78, 5) is 2.04. The molecular formula is C15H20N2. The van der Waals surface area contributed by atoms with Crippen LogP contribution in [0, 0.1) is 6.92 Å². The highest BCUT2D eigenvalue weighted by Crippen LogP contribution is 2.17. The van der Waals surface area contributed by atoms with Gasteiger partial charge in [0.25, 0.3) is 0 Å². The molecule has 1 N–H and O–H groups in total. The smallest absolute Gasteiger partial charge is 0.0408 e. The molecule has 0 saturated heterocycles. The molecule has 0 aliphatic heterocycles. The van der Waals surface area contributed by atoms with Gasteiger partial charge in [-0.25, -0.2) is 0 Å². The van der Waals surface area contributed by atoms with Crippen LogP contribution < -0.4 is 10.2 Å². The van der Waals surface area contributed by atoms with E-state index < -0.39 is 0 Å². The molecule has 0 heterocycles. The third-order valence-electron chi connectivity index (χ3n) is 2.65. The predicted octanol–water partition coefficient (Wildman–Crippen LogP) is 3.23. The largest absolute Gasteiger partial charge is 0.389 e. The fourth-order valence-corrected chi connectivity index (χ4v) is 1.33.